The third-order valence-corrected chi connectivity index (χ3v) is 6.93. The Labute approximate surface area is 194 Å². The highest BCUT2D eigenvalue weighted by molar-refractivity contribution is 5.85. The molecule has 2 aromatic carbocycles. The molecule has 0 amide bonds. The van der Waals surface area contributed by atoms with Gasteiger partial charge in [0.2, 0.25) is 0 Å². The molecule has 2 aromatic rings. The molecule has 0 aliphatic rings. The number of hydrogen-bond donors (Lipinski definition) is 0. The SMILES string of the molecule is CCCCCCCCCCCCCCCCCCCCCc1cccc2ccccc12. The molecular weight excluding hydrogens is 372 g/mol. The fourth-order valence-electron chi connectivity index (χ4n) is 4.90. The summed E-state index contributed by atoms with van der Waals surface area (Å²) in [5.41, 5.74) is 1.53. The van der Waals surface area contributed by atoms with Crippen LogP contribution in [0.25, 0.3) is 10.8 Å². The predicted octanol–water partition coefficient (Wildman–Crippen LogP) is 10.8. The zero-order chi connectivity index (χ0) is 21.8. The molecule has 0 aliphatic heterocycles. The highest BCUT2D eigenvalue weighted by Gasteiger charge is 2.00. The number of fused-ring (bicyclic) bond motifs is 1. The summed E-state index contributed by atoms with van der Waals surface area (Å²) in [6.07, 6.45) is 28.7. The molecule has 174 valence electrons. The molecule has 0 heterocycles. The van der Waals surface area contributed by atoms with Crippen LogP contribution in [-0.4, -0.2) is 0 Å². The lowest BCUT2D eigenvalue weighted by Crippen LogP contribution is -1.88. The topological polar surface area (TPSA) is 0 Å². The number of unbranched alkanes of at least 4 members (excludes halogenated alkanes) is 18. The van der Waals surface area contributed by atoms with E-state index in [1.165, 1.54) is 145 Å². The summed E-state index contributed by atoms with van der Waals surface area (Å²) in [7, 11) is 0. The molecule has 0 spiro atoms. The molecule has 0 fully saturated rings. The fraction of sp³-hybridized carbons (Fsp3) is 0.677. The molecule has 0 aromatic heterocycles. The van der Waals surface area contributed by atoms with Gasteiger partial charge < -0.3 is 0 Å². The van der Waals surface area contributed by atoms with Crippen LogP contribution in [0.4, 0.5) is 0 Å². The van der Waals surface area contributed by atoms with Crippen molar-refractivity contribution in [3.63, 3.8) is 0 Å². The largest absolute Gasteiger partial charge is 0.0654 e. The summed E-state index contributed by atoms with van der Waals surface area (Å²) in [5.74, 6) is 0. The lowest BCUT2D eigenvalue weighted by molar-refractivity contribution is 0.523. The molecule has 0 aliphatic carbocycles. The normalized spacial score (nSPS) is 11.4. The van der Waals surface area contributed by atoms with Gasteiger partial charge in [0, 0.05) is 0 Å². The number of hydrogen-bond acceptors (Lipinski definition) is 0. The van der Waals surface area contributed by atoms with E-state index in [9.17, 15) is 0 Å². The average Bonchev–Trinajstić information content (AvgIpc) is 2.80. The maximum Gasteiger partial charge on any atom is -0.0152 e. The summed E-state index contributed by atoms with van der Waals surface area (Å²) in [6, 6.07) is 15.6. The zero-order valence-electron chi connectivity index (χ0n) is 20.7. The molecule has 0 atom stereocenters. The van der Waals surface area contributed by atoms with Crippen LogP contribution < -0.4 is 0 Å². The Morgan fingerprint density at radius 1 is 0.419 bits per heavy atom. The van der Waals surface area contributed by atoms with Gasteiger partial charge in [-0.25, -0.2) is 0 Å². The van der Waals surface area contributed by atoms with Crippen LogP contribution in [0.3, 0.4) is 0 Å². The van der Waals surface area contributed by atoms with E-state index in [4.69, 9.17) is 0 Å². The van der Waals surface area contributed by atoms with Gasteiger partial charge in [0.1, 0.15) is 0 Å². The monoisotopic (exact) mass is 422 g/mol. The number of aryl methyl sites for hydroxylation is 1. The molecule has 0 saturated heterocycles. The van der Waals surface area contributed by atoms with E-state index in [1.807, 2.05) is 0 Å². The highest BCUT2D eigenvalue weighted by atomic mass is 14.1. The van der Waals surface area contributed by atoms with E-state index >= 15 is 0 Å². The minimum atomic E-state index is 1.24. The minimum Gasteiger partial charge on any atom is -0.0654 e. The Morgan fingerprint density at radius 3 is 1.35 bits per heavy atom. The fourth-order valence-corrected chi connectivity index (χ4v) is 4.90. The first kappa shape index (κ1) is 26.0. The summed E-state index contributed by atoms with van der Waals surface area (Å²) in [5, 5.41) is 2.84. The summed E-state index contributed by atoms with van der Waals surface area (Å²) < 4.78 is 0. The summed E-state index contributed by atoms with van der Waals surface area (Å²) >= 11 is 0. The van der Waals surface area contributed by atoms with Crippen molar-refractivity contribution in [3.8, 4) is 0 Å². The Kier molecular flexibility index (Phi) is 15.3. The molecule has 0 heteroatoms. The molecular formula is C31H50. The zero-order valence-corrected chi connectivity index (χ0v) is 20.7. The van der Waals surface area contributed by atoms with Gasteiger partial charge in [-0.1, -0.05) is 165 Å². The van der Waals surface area contributed by atoms with E-state index in [-0.39, 0.29) is 0 Å². The van der Waals surface area contributed by atoms with Crippen LogP contribution in [0.1, 0.15) is 134 Å². The van der Waals surface area contributed by atoms with Crippen molar-refractivity contribution in [1.29, 1.82) is 0 Å². The third kappa shape index (κ3) is 12.4. The van der Waals surface area contributed by atoms with Gasteiger partial charge in [-0.3, -0.25) is 0 Å². The van der Waals surface area contributed by atoms with Crippen molar-refractivity contribution >= 4 is 10.8 Å². The Hall–Kier alpha value is -1.30. The Bertz CT molecular complexity index is 651. The van der Waals surface area contributed by atoms with Crippen molar-refractivity contribution in [3.05, 3.63) is 48.0 Å². The molecule has 0 saturated carbocycles. The first-order valence-corrected chi connectivity index (χ1v) is 13.9. The maximum atomic E-state index is 2.32. The smallest absolute Gasteiger partial charge is 0.0152 e. The summed E-state index contributed by atoms with van der Waals surface area (Å²) in [6.45, 7) is 2.30. The van der Waals surface area contributed by atoms with Crippen LogP contribution in [-0.2, 0) is 6.42 Å². The Balaban J connectivity index is 1.31. The highest BCUT2D eigenvalue weighted by Crippen LogP contribution is 2.21. The van der Waals surface area contributed by atoms with Crippen molar-refractivity contribution in [2.45, 2.75) is 135 Å². The van der Waals surface area contributed by atoms with Crippen LogP contribution in [0.2, 0.25) is 0 Å². The number of rotatable bonds is 20. The van der Waals surface area contributed by atoms with E-state index < -0.39 is 0 Å². The van der Waals surface area contributed by atoms with E-state index in [1.54, 1.807) is 0 Å². The Morgan fingerprint density at radius 2 is 0.839 bits per heavy atom. The number of benzene rings is 2. The molecule has 0 radical (unpaired) electrons. The van der Waals surface area contributed by atoms with E-state index in [0.717, 1.165) is 0 Å². The van der Waals surface area contributed by atoms with Crippen LogP contribution in [0.5, 0.6) is 0 Å². The van der Waals surface area contributed by atoms with Gasteiger partial charge in [0.25, 0.3) is 0 Å². The molecule has 0 unspecified atom stereocenters. The molecule has 0 nitrogen and oxygen atoms in total. The standard InChI is InChI=1S/C31H50/c1-2-3-4-5-6-7-8-9-10-11-12-13-14-15-16-17-18-19-20-24-29-26-23-27-30-25-21-22-28-31(29)30/h21-23,25-28H,2-20,24H2,1H3. The van der Waals surface area contributed by atoms with Crippen molar-refractivity contribution in [1.82, 2.24) is 0 Å². The van der Waals surface area contributed by atoms with Gasteiger partial charge in [0.15, 0.2) is 0 Å². The second-order valence-corrected chi connectivity index (χ2v) is 9.75. The van der Waals surface area contributed by atoms with Crippen molar-refractivity contribution in [2.75, 3.05) is 0 Å². The predicted molar refractivity (Wildman–Crippen MR) is 141 cm³/mol. The third-order valence-electron chi connectivity index (χ3n) is 6.93. The maximum absolute atomic E-state index is 2.32. The molecule has 31 heavy (non-hydrogen) atoms. The minimum absolute atomic E-state index is 1.24. The first-order valence-electron chi connectivity index (χ1n) is 13.9. The van der Waals surface area contributed by atoms with Gasteiger partial charge in [0.05, 0.1) is 0 Å². The van der Waals surface area contributed by atoms with Gasteiger partial charge in [-0.15, -0.1) is 0 Å². The van der Waals surface area contributed by atoms with Gasteiger partial charge >= 0.3 is 0 Å². The molecule has 2 rings (SSSR count). The molecule has 0 bridgehead atoms. The summed E-state index contributed by atoms with van der Waals surface area (Å²) in [4.78, 5) is 0. The molecule has 0 N–H and O–H groups in total. The van der Waals surface area contributed by atoms with Crippen LogP contribution in [0, 0.1) is 0 Å². The van der Waals surface area contributed by atoms with Gasteiger partial charge in [-0.05, 0) is 29.2 Å². The second-order valence-electron chi connectivity index (χ2n) is 9.75. The first-order chi connectivity index (χ1) is 15.4. The van der Waals surface area contributed by atoms with E-state index in [0.29, 0.717) is 0 Å². The van der Waals surface area contributed by atoms with E-state index in [2.05, 4.69) is 49.4 Å². The average molecular weight is 423 g/mol. The second kappa shape index (κ2) is 18.3. The lowest BCUT2D eigenvalue weighted by atomic mass is 9.99. The van der Waals surface area contributed by atoms with Crippen molar-refractivity contribution < 1.29 is 0 Å². The lowest BCUT2D eigenvalue weighted by Gasteiger charge is -2.07. The van der Waals surface area contributed by atoms with Crippen LogP contribution in [0.15, 0.2) is 42.5 Å². The van der Waals surface area contributed by atoms with Crippen molar-refractivity contribution in [2.24, 2.45) is 0 Å². The quantitative estimate of drug-likeness (QED) is 0.186. The van der Waals surface area contributed by atoms with Crippen LogP contribution >= 0.6 is 0 Å². The van der Waals surface area contributed by atoms with Gasteiger partial charge in [-0.2, -0.15) is 0 Å².